The van der Waals surface area contributed by atoms with Gasteiger partial charge in [-0.25, -0.2) is 18.2 Å². The summed E-state index contributed by atoms with van der Waals surface area (Å²) in [5, 5.41) is 2.12. The zero-order valence-corrected chi connectivity index (χ0v) is 11.8. The molecule has 1 atom stereocenters. The Balaban J connectivity index is 2.33. The summed E-state index contributed by atoms with van der Waals surface area (Å²) in [6.07, 6.45) is -2.92. The third kappa shape index (κ3) is 4.15. The van der Waals surface area contributed by atoms with Crippen LogP contribution in [0, 0.1) is 0 Å². The molecule has 0 saturated heterocycles. The number of hydrogen-bond donors (Lipinski definition) is 1. The van der Waals surface area contributed by atoms with Crippen molar-refractivity contribution in [1.82, 2.24) is 19.9 Å². The number of aromatic nitrogens is 4. The van der Waals surface area contributed by atoms with Gasteiger partial charge in [-0.2, -0.15) is 15.0 Å². The molecule has 0 amide bonds. The van der Waals surface area contributed by atoms with Gasteiger partial charge >= 0.3 is 0 Å². The maximum Gasteiger partial charge on any atom is 0.261 e. The molecule has 0 aromatic carbocycles. The Kier molecular flexibility index (Phi) is 5.13. The van der Waals surface area contributed by atoms with Crippen molar-refractivity contribution in [3.8, 4) is 11.5 Å². The van der Waals surface area contributed by atoms with Crippen molar-refractivity contribution in [3.63, 3.8) is 0 Å². The van der Waals surface area contributed by atoms with Gasteiger partial charge in [0.15, 0.2) is 5.82 Å². The van der Waals surface area contributed by atoms with Crippen LogP contribution in [0.4, 0.5) is 19.1 Å². The number of anilines is 1. The van der Waals surface area contributed by atoms with E-state index in [4.69, 9.17) is 23.2 Å². The highest BCUT2D eigenvalue weighted by Gasteiger charge is 2.21. The molecule has 0 bridgehead atoms. The van der Waals surface area contributed by atoms with Crippen LogP contribution in [0.5, 0.6) is 0 Å². The number of nitrogens with zero attached hydrogens (tertiary/aromatic N) is 4. The minimum atomic E-state index is -2.92. The lowest BCUT2D eigenvalue weighted by atomic mass is 10.3. The van der Waals surface area contributed by atoms with Gasteiger partial charge in [0, 0.05) is 0 Å². The highest BCUT2D eigenvalue weighted by Crippen LogP contribution is 2.19. The van der Waals surface area contributed by atoms with Crippen LogP contribution in [0.1, 0.15) is 0 Å². The van der Waals surface area contributed by atoms with Crippen LogP contribution in [0.15, 0.2) is 18.2 Å². The number of nitrogens with one attached hydrogen (secondary N) is 1. The molecule has 112 valence electrons. The highest BCUT2D eigenvalue weighted by molar-refractivity contribution is 6.29. The molecule has 0 aliphatic rings. The fraction of sp³-hybridized carbons (Fsp3) is 0.273. The maximum absolute atomic E-state index is 12.5. The maximum atomic E-state index is 12.5. The van der Waals surface area contributed by atoms with E-state index in [9.17, 15) is 13.2 Å². The topological polar surface area (TPSA) is 63.6 Å². The highest BCUT2D eigenvalue weighted by atomic mass is 35.5. The second-order valence-corrected chi connectivity index (χ2v) is 4.56. The van der Waals surface area contributed by atoms with Crippen molar-refractivity contribution in [2.24, 2.45) is 0 Å². The number of halogens is 5. The molecular weight excluding hydrogens is 330 g/mol. The van der Waals surface area contributed by atoms with Crippen molar-refractivity contribution in [3.05, 3.63) is 28.6 Å². The number of pyridine rings is 1. The molecule has 0 saturated carbocycles. The summed E-state index contributed by atoms with van der Waals surface area (Å²) in [4.78, 5) is 15.3. The SMILES string of the molecule is FCC(Nc1nc(Cl)nc(-c2cccc(Cl)n2)n1)C(F)F. The molecule has 1 N–H and O–H groups in total. The Morgan fingerprint density at radius 2 is 1.86 bits per heavy atom. The Labute approximate surface area is 127 Å². The van der Waals surface area contributed by atoms with Gasteiger partial charge in [0.25, 0.3) is 6.43 Å². The van der Waals surface area contributed by atoms with E-state index < -0.39 is 19.1 Å². The van der Waals surface area contributed by atoms with Gasteiger partial charge in [-0.3, -0.25) is 0 Å². The lowest BCUT2D eigenvalue weighted by Gasteiger charge is -2.14. The third-order valence-electron chi connectivity index (χ3n) is 2.34. The summed E-state index contributed by atoms with van der Waals surface area (Å²) in [6.45, 7) is -1.29. The first-order valence-corrected chi connectivity index (χ1v) is 6.40. The largest absolute Gasteiger partial charge is 0.343 e. The molecule has 0 radical (unpaired) electrons. The molecule has 5 nitrogen and oxygen atoms in total. The zero-order valence-electron chi connectivity index (χ0n) is 10.3. The van der Waals surface area contributed by atoms with Crippen molar-refractivity contribution in [2.75, 3.05) is 12.0 Å². The predicted molar refractivity (Wildman–Crippen MR) is 72.5 cm³/mol. The molecular formula is C11H8Cl2F3N5. The fourth-order valence-electron chi connectivity index (χ4n) is 1.40. The van der Waals surface area contributed by atoms with E-state index in [-0.39, 0.29) is 27.9 Å². The van der Waals surface area contributed by atoms with Gasteiger partial charge in [0.1, 0.15) is 23.6 Å². The number of rotatable bonds is 5. The summed E-state index contributed by atoms with van der Waals surface area (Å²) in [6, 6.07) is 2.98. The van der Waals surface area contributed by atoms with Crippen molar-refractivity contribution >= 4 is 29.2 Å². The molecule has 21 heavy (non-hydrogen) atoms. The molecule has 0 spiro atoms. The van der Waals surface area contributed by atoms with Crippen LogP contribution in [-0.4, -0.2) is 39.1 Å². The van der Waals surface area contributed by atoms with Crippen molar-refractivity contribution in [2.45, 2.75) is 12.5 Å². The van der Waals surface area contributed by atoms with Gasteiger partial charge in [-0.05, 0) is 23.7 Å². The van der Waals surface area contributed by atoms with Crippen molar-refractivity contribution < 1.29 is 13.2 Å². The third-order valence-corrected chi connectivity index (χ3v) is 2.72. The van der Waals surface area contributed by atoms with Crippen LogP contribution < -0.4 is 5.32 Å². The minimum absolute atomic E-state index is 0.0341. The van der Waals surface area contributed by atoms with Gasteiger partial charge < -0.3 is 5.32 Å². The first-order chi connectivity index (χ1) is 9.99. The van der Waals surface area contributed by atoms with E-state index in [1.807, 2.05) is 0 Å². The summed E-state index contributed by atoms with van der Waals surface area (Å²) < 4.78 is 37.5. The summed E-state index contributed by atoms with van der Waals surface area (Å²) in [5.41, 5.74) is 0.281. The van der Waals surface area contributed by atoms with Crippen LogP contribution in [-0.2, 0) is 0 Å². The number of hydrogen-bond acceptors (Lipinski definition) is 5. The molecule has 2 aromatic heterocycles. The van der Waals surface area contributed by atoms with Crippen LogP contribution in [0.25, 0.3) is 11.5 Å². The summed E-state index contributed by atoms with van der Waals surface area (Å²) in [5.74, 6) is -0.235. The second-order valence-electron chi connectivity index (χ2n) is 3.84. The van der Waals surface area contributed by atoms with E-state index in [0.717, 1.165) is 0 Å². The van der Waals surface area contributed by atoms with E-state index in [1.54, 1.807) is 18.2 Å². The van der Waals surface area contributed by atoms with Crippen LogP contribution >= 0.6 is 23.2 Å². The molecule has 2 heterocycles. The smallest absolute Gasteiger partial charge is 0.261 e. The average Bonchev–Trinajstić information content (AvgIpc) is 2.44. The molecule has 1 unspecified atom stereocenters. The molecule has 0 aliphatic heterocycles. The average molecular weight is 338 g/mol. The van der Waals surface area contributed by atoms with Gasteiger partial charge in [0.2, 0.25) is 11.2 Å². The Bertz CT molecular complexity index is 629. The molecule has 2 aromatic rings. The van der Waals surface area contributed by atoms with Crippen LogP contribution in [0.3, 0.4) is 0 Å². The monoisotopic (exact) mass is 337 g/mol. The van der Waals surface area contributed by atoms with Gasteiger partial charge in [-0.1, -0.05) is 17.7 Å². The Hall–Kier alpha value is -1.67. The molecule has 10 heteroatoms. The normalized spacial score (nSPS) is 12.5. The summed E-state index contributed by atoms with van der Waals surface area (Å²) >= 11 is 11.4. The van der Waals surface area contributed by atoms with Gasteiger partial charge in [-0.15, -0.1) is 0 Å². The van der Waals surface area contributed by atoms with E-state index >= 15 is 0 Å². The minimum Gasteiger partial charge on any atom is -0.343 e. The fourth-order valence-corrected chi connectivity index (χ4v) is 1.72. The second kappa shape index (κ2) is 6.86. The first-order valence-electron chi connectivity index (χ1n) is 5.64. The first kappa shape index (κ1) is 15.7. The molecule has 0 fully saturated rings. The Morgan fingerprint density at radius 1 is 1.10 bits per heavy atom. The lowest BCUT2D eigenvalue weighted by Crippen LogP contribution is -2.31. The lowest BCUT2D eigenvalue weighted by molar-refractivity contribution is 0.112. The summed E-state index contributed by atoms with van der Waals surface area (Å²) in [7, 11) is 0. The van der Waals surface area contributed by atoms with Gasteiger partial charge in [0.05, 0.1) is 0 Å². The number of alkyl halides is 3. The van der Waals surface area contributed by atoms with E-state index in [2.05, 4.69) is 25.3 Å². The van der Waals surface area contributed by atoms with Crippen molar-refractivity contribution in [1.29, 1.82) is 0 Å². The van der Waals surface area contributed by atoms with Crippen LogP contribution in [0.2, 0.25) is 10.4 Å². The molecule has 0 aliphatic carbocycles. The Morgan fingerprint density at radius 3 is 2.48 bits per heavy atom. The quantitative estimate of drug-likeness (QED) is 0.848. The van der Waals surface area contributed by atoms with E-state index in [0.29, 0.717) is 0 Å². The van der Waals surface area contributed by atoms with E-state index in [1.165, 1.54) is 0 Å². The standard InChI is InChI=1S/C11H8Cl2F3N5/c12-7-3-1-2-5(17-7)9-19-10(13)21-11(20-9)18-6(4-14)8(15)16/h1-3,6,8H,4H2,(H,18,19,20,21). The molecule has 2 rings (SSSR count). The zero-order chi connectivity index (χ0) is 15.4. The predicted octanol–water partition coefficient (Wildman–Crippen LogP) is 3.26.